The number of aliphatic hydroxyl groups is 1. The van der Waals surface area contributed by atoms with Crippen LogP contribution < -0.4 is 10.1 Å². The Bertz CT molecular complexity index is 398. The number of benzene rings is 1. The molecule has 0 fully saturated rings. The lowest BCUT2D eigenvalue weighted by Gasteiger charge is -2.20. The van der Waals surface area contributed by atoms with Gasteiger partial charge >= 0.3 is 0 Å². The fraction of sp³-hybridized carbons (Fsp3) is 0.600. The monoisotopic (exact) mass is 251 g/mol. The van der Waals surface area contributed by atoms with E-state index >= 15 is 0 Å². The molecular formula is C15H25NO2. The molecule has 0 spiro atoms. The molecule has 0 aromatic heterocycles. The number of hydrogen-bond acceptors (Lipinski definition) is 3. The van der Waals surface area contributed by atoms with E-state index in [9.17, 15) is 5.11 Å². The van der Waals surface area contributed by atoms with Crippen LogP contribution in [0.2, 0.25) is 0 Å². The predicted octanol–water partition coefficient (Wildman–Crippen LogP) is 3.05. The van der Waals surface area contributed by atoms with Crippen molar-refractivity contribution in [2.45, 2.75) is 34.1 Å². The van der Waals surface area contributed by atoms with Gasteiger partial charge in [-0.25, -0.2) is 0 Å². The van der Waals surface area contributed by atoms with E-state index in [0.29, 0.717) is 0 Å². The molecule has 0 amide bonds. The van der Waals surface area contributed by atoms with E-state index in [1.165, 1.54) is 16.7 Å². The van der Waals surface area contributed by atoms with Crippen LogP contribution >= 0.6 is 0 Å². The molecule has 18 heavy (non-hydrogen) atoms. The third kappa shape index (κ3) is 3.16. The molecule has 0 saturated carbocycles. The molecule has 0 radical (unpaired) electrons. The number of rotatable bonds is 6. The second-order valence-corrected chi connectivity index (χ2v) is 4.88. The van der Waals surface area contributed by atoms with Crippen LogP contribution in [0.1, 0.15) is 30.0 Å². The van der Waals surface area contributed by atoms with Gasteiger partial charge in [0.05, 0.1) is 12.8 Å². The summed E-state index contributed by atoms with van der Waals surface area (Å²) in [6, 6.07) is 2.17. The Hall–Kier alpha value is -1.22. The molecule has 0 aliphatic carbocycles. The quantitative estimate of drug-likeness (QED) is 0.816. The van der Waals surface area contributed by atoms with Gasteiger partial charge < -0.3 is 15.2 Å². The first-order valence-electron chi connectivity index (χ1n) is 6.54. The molecule has 3 heteroatoms. The lowest BCUT2D eigenvalue weighted by Crippen LogP contribution is -2.18. The van der Waals surface area contributed by atoms with E-state index in [2.05, 4.69) is 39.1 Å². The smallest absolute Gasteiger partial charge is 0.145 e. The fourth-order valence-electron chi connectivity index (χ4n) is 2.11. The van der Waals surface area contributed by atoms with E-state index in [1.807, 2.05) is 0 Å². The Morgan fingerprint density at radius 1 is 1.28 bits per heavy atom. The first-order valence-corrected chi connectivity index (χ1v) is 6.54. The van der Waals surface area contributed by atoms with Gasteiger partial charge in [-0.05, 0) is 49.8 Å². The first kappa shape index (κ1) is 14.8. The van der Waals surface area contributed by atoms with E-state index in [1.54, 1.807) is 7.11 Å². The molecule has 1 unspecified atom stereocenters. The van der Waals surface area contributed by atoms with Crippen molar-refractivity contribution < 1.29 is 9.84 Å². The molecule has 0 saturated heterocycles. The van der Waals surface area contributed by atoms with Gasteiger partial charge in [-0.3, -0.25) is 0 Å². The molecule has 1 rings (SSSR count). The molecule has 3 nitrogen and oxygen atoms in total. The maximum Gasteiger partial charge on any atom is 0.145 e. The average molecular weight is 251 g/mol. The van der Waals surface area contributed by atoms with Crippen LogP contribution in [-0.4, -0.2) is 25.4 Å². The Morgan fingerprint density at radius 3 is 2.44 bits per heavy atom. The molecule has 0 aliphatic heterocycles. The van der Waals surface area contributed by atoms with Crippen LogP contribution in [-0.2, 0) is 0 Å². The van der Waals surface area contributed by atoms with Crippen LogP contribution in [0.5, 0.6) is 5.75 Å². The number of aryl methyl sites for hydroxylation is 2. The molecule has 1 atom stereocenters. The van der Waals surface area contributed by atoms with Crippen LogP contribution in [0, 0.1) is 26.7 Å². The summed E-state index contributed by atoms with van der Waals surface area (Å²) in [5, 5.41) is 12.6. The van der Waals surface area contributed by atoms with Crippen molar-refractivity contribution in [3.05, 3.63) is 22.8 Å². The maximum atomic E-state index is 9.23. The Kier molecular flexibility index (Phi) is 5.48. The molecular weight excluding hydrogens is 226 g/mol. The average Bonchev–Trinajstić information content (AvgIpc) is 2.36. The second kappa shape index (κ2) is 6.64. The predicted molar refractivity (Wildman–Crippen MR) is 76.6 cm³/mol. The van der Waals surface area contributed by atoms with Crippen molar-refractivity contribution in [1.82, 2.24) is 0 Å². The molecule has 0 heterocycles. The van der Waals surface area contributed by atoms with E-state index in [4.69, 9.17) is 4.74 Å². The highest BCUT2D eigenvalue weighted by molar-refractivity contribution is 5.66. The summed E-state index contributed by atoms with van der Waals surface area (Å²) < 4.78 is 5.51. The van der Waals surface area contributed by atoms with Gasteiger partial charge in [0.25, 0.3) is 0 Å². The fourth-order valence-corrected chi connectivity index (χ4v) is 2.11. The minimum Gasteiger partial charge on any atom is -0.494 e. The summed E-state index contributed by atoms with van der Waals surface area (Å²) in [6.07, 6.45) is 0.968. The van der Waals surface area contributed by atoms with Gasteiger partial charge in [0.1, 0.15) is 5.75 Å². The van der Waals surface area contributed by atoms with Gasteiger partial charge in [-0.1, -0.05) is 13.0 Å². The number of methoxy groups -OCH3 is 1. The van der Waals surface area contributed by atoms with E-state index in [0.717, 1.165) is 24.4 Å². The Balaban J connectivity index is 2.97. The first-order chi connectivity index (χ1) is 8.54. The lowest BCUT2D eigenvalue weighted by atomic mass is 10.0. The second-order valence-electron chi connectivity index (χ2n) is 4.88. The number of nitrogens with one attached hydrogen (secondary N) is 1. The number of aliphatic hydroxyl groups excluding tert-OH is 1. The SMILES string of the molecule is CCC(CO)CNc1c(C)cc(C)c(C)c1OC. The van der Waals surface area contributed by atoms with E-state index in [-0.39, 0.29) is 12.5 Å². The van der Waals surface area contributed by atoms with Crippen molar-refractivity contribution in [1.29, 1.82) is 0 Å². The third-order valence-electron chi connectivity index (χ3n) is 3.59. The molecule has 1 aromatic carbocycles. The number of hydrogen-bond donors (Lipinski definition) is 2. The maximum absolute atomic E-state index is 9.23. The van der Waals surface area contributed by atoms with Gasteiger partial charge in [-0.15, -0.1) is 0 Å². The van der Waals surface area contributed by atoms with Crippen LogP contribution in [0.3, 0.4) is 0 Å². The third-order valence-corrected chi connectivity index (χ3v) is 3.59. The molecule has 1 aromatic rings. The molecule has 0 aliphatic rings. The van der Waals surface area contributed by atoms with Gasteiger partial charge in [0, 0.05) is 13.2 Å². The Labute approximate surface area is 110 Å². The van der Waals surface area contributed by atoms with Gasteiger partial charge in [0.15, 0.2) is 0 Å². The van der Waals surface area contributed by atoms with Crippen molar-refractivity contribution in [2.75, 3.05) is 25.6 Å². The normalized spacial score (nSPS) is 12.3. The van der Waals surface area contributed by atoms with Crippen molar-refractivity contribution >= 4 is 5.69 Å². The van der Waals surface area contributed by atoms with Gasteiger partial charge in [0.2, 0.25) is 0 Å². The van der Waals surface area contributed by atoms with Crippen molar-refractivity contribution in [3.63, 3.8) is 0 Å². The van der Waals surface area contributed by atoms with Crippen LogP contribution in [0.25, 0.3) is 0 Å². The van der Waals surface area contributed by atoms with Crippen molar-refractivity contribution in [3.8, 4) is 5.75 Å². The highest BCUT2D eigenvalue weighted by Gasteiger charge is 2.13. The van der Waals surface area contributed by atoms with Crippen LogP contribution in [0.4, 0.5) is 5.69 Å². The number of ether oxygens (including phenoxy) is 1. The van der Waals surface area contributed by atoms with Gasteiger partial charge in [-0.2, -0.15) is 0 Å². The minimum atomic E-state index is 0.218. The highest BCUT2D eigenvalue weighted by atomic mass is 16.5. The highest BCUT2D eigenvalue weighted by Crippen LogP contribution is 2.34. The lowest BCUT2D eigenvalue weighted by molar-refractivity contribution is 0.230. The zero-order valence-electron chi connectivity index (χ0n) is 12.1. The van der Waals surface area contributed by atoms with E-state index < -0.39 is 0 Å². The zero-order valence-corrected chi connectivity index (χ0v) is 12.1. The Morgan fingerprint density at radius 2 is 1.94 bits per heavy atom. The zero-order chi connectivity index (χ0) is 13.7. The molecule has 102 valence electrons. The summed E-state index contributed by atoms with van der Waals surface area (Å²) in [7, 11) is 1.70. The summed E-state index contributed by atoms with van der Waals surface area (Å²) in [5.41, 5.74) is 4.64. The summed E-state index contributed by atoms with van der Waals surface area (Å²) >= 11 is 0. The standard InChI is InChI=1S/C15H25NO2/c1-6-13(9-17)8-16-14-11(3)7-10(2)12(4)15(14)18-5/h7,13,16-17H,6,8-9H2,1-5H3. The largest absolute Gasteiger partial charge is 0.494 e. The molecule has 2 N–H and O–H groups in total. The summed E-state index contributed by atoms with van der Waals surface area (Å²) in [4.78, 5) is 0. The summed E-state index contributed by atoms with van der Waals surface area (Å²) in [5.74, 6) is 1.20. The van der Waals surface area contributed by atoms with Crippen LogP contribution in [0.15, 0.2) is 6.07 Å². The van der Waals surface area contributed by atoms with Crippen molar-refractivity contribution in [2.24, 2.45) is 5.92 Å². The summed E-state index contributed by atoms with van der Waals surface area (Å²) in [6.45, 7) is 9.33. The number of anilines is 1. The molecule has 0 bridgehead atoms. The minimum absolute atomic E-state index is 0.218. The topological polar surface area (TPSA) is 41.5 Å².